The van der Waals surface area contributed by atoms with E-state index in [-0.39, 0.29) is 12.2 Å². The number of ether oxygens (including phenoxy) is 1. The predicted octanol–water partition coefficient (Wildman–Crippen LogP) is 8.16. The molecular formula is C30H43ClO4. The molecule has 0 radical (unpaired) electrons. The fraction of sp³-hybridized carbons (Fsp3) is 0.600. The van der Waals surface area contributed by atoms with E-state index in [4.69, 9.17) is 16.3 Å². The molecule has 0 spiro atoms. The minimum atomic E-state index is -1.11. The highest BCUT2D eigenvalue weighted by molar-refractivity contribution is 6.30. The molecule has 0 fully saturated rings. The molecule has 5 heteroatoms. The van der Waals surface area contributed by atoms with E-state index < -0.39 is 17.7 Å². The van der Waals surface area contributed by atoms with Crippen LogP contribution >= 0.6 is 11.6 Å². The second kappa shape index (κ2) is 16.7. The highest BCUT2D eigenvalue weighted by Crippen LogP contribution is 2.29. The normalized spacial score (nSPS) is 20.0. The van der Waals surface area contributed by atoms with Crippen LogP contribution in [0.15, 0.2) is 48.6 Å². The number of benzene rings is 1. The molecule has 0 amide bonds. The number of carbonyl (C=O) groups is 2. The molecule has 1 aliphatic carbocycles. The fourth-order valence-corrected chi connectivity index (χ4v) is 4.53. The fourth-order valence-electron chi connectivity index (χ4n) is 4.40. The van der Waals surface area contributed by atoms with Gasteiger partial charge in [-0.2, -0.15) is 0 Å². The van der Waals surface area contributed by atoms with Gasteiger partial charge < -0.3 is 9.84 Å². The molecule has 2 atom stereocenters. The summed E-state index contributed by atoms with van der Waals surface area (Å²) < 4.78 is 5.41. The van der Waals surface area contributed by atoms with Crippen molar-refractivity contribution in [2.45, 2.75) is 115 Å². The first-order chi connectivity index (χ1) is 16.9. The lowest BCUT2D eigenvalue weighted by atomic mass is 9.84. The summed E-state index contributed by atoms with van der Waals surface area (Å²) in [6.45, 7) is 2.25. The lowest BCUT2D eigenvalue weighted by molar-refractivity contribution is -0.127. The maximum Gasteiger partial charge on any atom is 0.338 e. The van der Waals surface area contributed by atoms with E-state index in [1.165, 1.54) is 70.3 Å². The van der Waals surface area contributed by atoms with Crippen molar-refractivity contribution in [3.05, 3.63) is 59.2 Å². The number of rotatable bonds is 17. The molecule has 0 saturated heterocycles. The van der Waals surface area contributed by atoms with Gasteiger partial charge in [0.05, 0.1) is 11.2 Å². The molecule has 194 valence electrons. The van der Waals surface area contributed by atoms with Crippen LogP contribution in [0.25, 0.3) is 0 Å². The summed E-state index contributed by atoms with van der Waals surface area (Å²) in [6.07, 6.45) is 23.1. The topological polar surface area (TPSA) is 63.6 Å². The maximum atomic E-state index is 12.4. The van der Waals surface area contributed by atoms with Crippen molar-refractivity contribution in [3.63, 3.8) is 0 Å². The van der Waals surface area contributed by atoms with Gasteiger partial charge in [0.2, 0.25) is 0 Å². The Kier molecular flexibility index (Phi) is 14.0. The van der Waals surface area contributed by atoms with E-state index in [2.05, 4.69) is 19.1 Å². The summed E-state index contributed by atoms with van der Waals surface area (Å²) in [5.74, 6) is -0.872. The molecule has 1 aromatic rings. The number of hydrogen-bond donors (Lipinski definition) is 1. The van der Waals surface area contributed by atoms with Crippen LogP contribution in [0.4, 0.5) is 0 Å². The van der Waals surface area contributed by atoms with E-state index in [1.807, 2.05) is 0 Å². The van der Waals surface area contributed by atoms with Gasteiger partial charge >= 0.3 is 5.97 Å². The van der Waals surface area contributed by atoms with Gasteiger partial charge in [-0.1, -0.05) is 88.5 Å². The van der Waals surface area contributed by atoms with Crippen LogP contribution in [-0.2, 0) is 9.53 Å². The van der Waals surface area contributed by atoms with E-state index in [1.54, 1.807) is 30.3 Å². The Morgan fingerprint density at radius 3 is 2.17 bits per heavy atom. The molecule has 1 aliphatic rings. The monoisotopic (exact) mass is 502 g/mol. The molecule has 0 aromatic heterocycles. The van der Waals surface area contributed by atoms with Crippen molar-refractivity contribution < 1.29 is 19.4 Å². The van der Waals surface area contributed by atoms with Gasteiger partial charge in [-0.15, -0.1) is 0 Å². The van der Waals surface area contributed by atoms with Crippen LogP contribution in [0, 0.1) is 0 Å². The quantitative estimate of drug-likeness (QED) is 0.132. The molecule has 2 rings (SSSR count). The summed E-state index contributed by atoms with van der Waals surface area (Å²) in [4.78, 5) is 24.6. The van der Waals surface area contributed by atoms with Gasteiger partial charge in [0.25, 0.3) is 0 Å². The van der Waals surface area contributed by atoms with Gasteiger partial charge in [0.15, 0.2) is 11.9 Å². The average Bonchev–Trinajstić information content (AvgIpc) is 2.84. The summed E-state index contributed by atoms with van der Waals surface area (Å²) in [5.41, 5.74) is -0.777. The first kappa shape index (κ1) is 29.3. The zero-order valence-electron chi connectivity index (χ0n) is 21.4. The van der Waals surface area contributed by atoms with Crippen molar-refractivity contribution in [3.8, 4) is 0 Å². The molecule has 1 N–H and O–H groups in total. The number of hydrogen-bond acceptors (Lipinski definition) is 4. The van der Waals surface area contributed by atoms with Gasteiger partial charge in [-0.25, -0.2) is 4.79 Å². The minimum absolute atomic E-state index is 0.105. The third kappa shape index (κ3) is 12.1. The third-order valence-electron chi connectivity index (χ3n) is 6.61. The van der Waals surface area contributed by atoms with Gasteiger partial charge in [0, 0.05) is 11.4 Å². The second-order valence-electron chi connectivity index (χ2n) is 9.78. The number of aliphatic hydroxyl groups is 1. The predicted molar refractivity (Wildman–Crippen MR) is 144 cm³/mol. The Hall–Kier alpha value is -1.91. The third-order valence-corrected chi connectivity index (χ3v) is 6.87. The summed E-state index contributed by atoms with van der Waals surface area (Å²) in [6, 6.07) is 6.33. The summed E-state index contributed by atoms with van der Waals surface area (Å²) in [7, 11) is 0. The van der Waals surface area contributed by atoms with E-state index in [0.29, 0.717) is 17.0 Å². The molecule has 0 heterocycles. The van der Waals surface area contributed by atoms with Crippen LogP contribution in [0.3, 0.4) is 0 Å². The van der Waals surface area contributed by atoms with Gasteiger partial charge in [0.1, 0.15) is 0 Å². The molecule has 4 nitrogen and oxygen atoms in total. The molecule has 35 heavy (non-hydrogen) atoms. The Morgan fingerprint density at radius 1 is 0.971 bits per heavy atom. The van der Waals surface area contributed by atoms with Crippen molar-refractivity contribution in [1.29, 1.82) is 0 Å². The van der Waals surface area contributed by atoms with E-state index in [9.17, 15) is 14.7 Å². The molecule has 0 unspecified atom stereocenters. The molecule has 0 saturated carbocycles. The van der Waals surface area contributed by atoms with Crippen LogP contribution < -0.4 is 0 Å². The molecule has 0 aliphatic heterocycles. The summed E-state index contributed by atoms with van der Waals surface area (Å²) >= 11 is 5.85. The van der Waals surface area contributed by atoms with E-state index >= 15 is 0 Å². The Balaban J connectivity index is 1.56. The number of esters is 1. The summed E-state index contributed by atoms with van der Waals surface area (Å²) in [5, 5.41) is 11.5. The van der Waals surface area contributed by atoms with Crippen molar-refractivity contribution in [2.24, 2.45) is 0 Å². The SMILES string of the molecule is CCCCCC/C=C\CCCCCCCCC[C@]1(O)C=CC(=O)[C@H](OC(=O)c2ccc(Cl)cc2)C1. The van der Waals surface area contributed by atoms with Gasteiger partial charge in [-0.3, -0.25) is 4.79 Å². The maximum absolute atomic E-state index is 12.4. The van der Waals surface area contributed by atoms with Crippen LogP contribution in [0.1, 0.15) is 114 Å². The largest absolute Gasteiger partial charge is 0.450 e. The lowest BCUT2D eigenvalue weighted by Gasteiger charge is -2.31. The van der Waals surface area contributed by atoms with Crippen molar-refractivity contribution in [2.75, 3.05) is 0 Å². The standard InChI is InChI=1S/C30H43ClO4/c1-2-3-4-5-6-7-8-9-10-11-12-13-14-15-16-22-30(34)23-21-27(32)28(24-30)35-29(33)25-17-19-26(31)20-18-25/h7-8,17-21,23,28,34H,2-6,9-16,22,24H2,1H3/b8-7-/t28-,30+/m1/s1. The molecule has 0 bridgehead atoms. The highest BCUT2D eigenvalue weighted by atomic mass is 35.5. The Bertz CT molecular complexity index is 814. The van der Waals surface area contributed by atoms with Crippen LogP contribution in [0.5, 0.6) is 0 Å². The van der Waals surface area contributed by atoms with E-state index in [0.717, 1.165) is 19.3 Å². The average molecular weight is 503 g/mol. The smallest absolute Gasteiger partial charge is 0.338 e. The zero-order valence-corrected chi connectivity index (χ0v) is 22.1. The zero-order chi connectivity index (χ0) is 25.4. The van der Waals surface area contributed by atoms with Gasteiger partial charge in [-0.05, 0) is 68.5 Å². The highest BCUT2D eigenvalue weighted by Gasteiger charge is 2.36. The number of ketones is 1. The number of carbonyl (C=O) groups excluding carboxylic acids is 2. The Labute approximate surface area is 216 Å². The number of allylic oxidation sites excluding steroid dienone is 2. The Morgan fingerprint density at radius 2 is 1.54 bits per heavy atom. The van der Waals surface area contributed by atoms with Crippen molar-refractivity contribution in [1.82, 2.24) is 0 Å². The second-order valence-corrected chi connectivity index (χ2v) is 10.2. The number of halogens is 1. The number of unbranched alkanes of at least 4 members (excludes halogenated alkanes) is 11. The first-order valence-electron chi connectivity index (χ1n) is 13.5. The molecular weight excluding hydrogens is 460 g/mol. The van der Waals surface area contributed by atoms with Crippen molar-refractivity contribution >= 4 is 23.4 Å². The minimum Gasteiger partial charge on any atom is -0.450 e. The van der Waals surface area contributed by atoms with Crippen LogP contribution in [-0.4, -0.2) is 28.6 Å². The lowest BCUT2D eigenvalue weighted by Crippen LogP contribution is -2.41. The molecule has 1 aromatic carbocycles. The van der Waals surface area contributed by atoms with Crippen LogP contribution in [0.2, 0.25) is 5.02 Å². The first-order valence-corrected chi connectivity index (χ1v) is 13.9.